The Morgan fingerprint density at radius 2 is 1.35 bits per heavy atom. The lowest BCUT2D eigenvalue weighted by Gasteiger charge is -2.26. The highest BCUT2D eigenvalue weighted by atomic mass is 127. The molecule has 1 atom stereocenters. The second kappa shape index (κ2) is 18.2. The summed E-state index contributed by atoms with van der Waals surface area (Å²) < 4.78 is 82.7. The van der Waals surface area contributed by atoms with E-state index in [2.05, 4.69) is 24.9 Å². The number of aliphatic hydroxyl groups excluding tert-OH is 1. The van der Waals surface area contributed by atoms with Crippen molar-refractivity contribution in [2.45, 2.75) is 35.5 Å². The van der Waals surface area contributed by atoms with Gasteiger partial charge in [-0.25, -0.2) is 26.4 Å². The summed E-state index contributed by atoms with van der Waals surface area (Å²) in [6.07, 6.45) is -2.68. The number of nitrogens with two attached hydrogens (primary N) is 1. The van der Waals surface area contributed by atoms with E-state index in [0.717, 1.165) is 15.9 Å². The van der Waals surface area contributed by atoms with E-state index in [1.165, 1.54) is 25.1 Å². The molecular formula is C35H38IN7O10S2. The minimum absolute atomic E-state index is 0.114. The van der Waals surface area contributed by atoms with E-state index < -0.39 is 55.2 Å². The SMILES string of the molecule is COc1ccc(CN(Cc2ccc(OC)cc2)S(=O)(=O)c2c(S(=O)(=O)NCC(O)COC(N)=O)ccc(I)c2-c2nnn(Cc3ccc(OC)cc3)n2)cc1. The first-order valence-corrected chi connectivity index (χ1v) is 20.3. The second-order valence-electron chi connectivity index (χ2n) is 11.8. The molecule has 0 aliphatic heterocycles. The summed E-state index contributed by atoms with van der Waals surface area (Å²) in [6.45, 7) is -1.47. The van der Waals surface area contributed by atoms with Gasteiger partial charge in [-0.3, -0.25) is 0 Å². The first-order chi connectivity index (χ1) is 26.2. The molecule has 1 unspecified atom stereocenters. The van der Waals surface area contributed by atoms with E-state index in [4.69, 9.17) is 19.9 Å². The molecule has 1 aromatic heterocycles. The van der Waals surface area contributed by atoms with Gasteiger partial charge in [0.1, 0.15) is 39.8 Å². The number of rotatable bonds is 18. The monoisotopic (exact) mass is 907 g/mol. The third-order valence-corrected chi connectivity index (χ3v) is 12.5. The molecule has 1 amide bonds. The quantitative estimate of drug-likeness (QED) is 0.108. The summed E-state index contributed by atoms with van der Waals surface area (Å²) in [5.41, 5.74) is 6.80. The van der Waals surface area contributed by atoms with Crippen LogP contribution in [0.25, 0.3) is 11.4 Å². The van der Waals surface area contributed by atoms with Crippen molar-refractivity contribution in [1.29, 1.82) is 0 Å². The minimum atomic E-state index is -4.79. The Hall–Kier alpha value is -4.87. The van der Waals surface area contributed by atoms with Crippen LogP contribution in [0.15, 0.2) is 94.7 Å². The average molecular weight is 908 g/mol. The van der Waals surface area contributed by atoms with Crippen LogP contribution in [0.2, 0.25) is 0 Å². The predicted octanol–water partition coefficient (Wildman–Crippen LogP) is 3.14. The molecular weight excluding hydrogens is 869 g/mol. The number of amides is 1. The van der Waals surface area contributed by atoms with Crippen molar-refractivity contribution < 1.29 is 45.7 Å². The van der Waals surface area contributed by atoms with Crippen LogP contribution in [-0.2, 0) is 44.4 Å². The number of carbonyl (C=O) groups is 1. The molecule has 0 saturated heterocycles. The summed E-state index contributed by atoms with van der Waals surface area (Å²) in [7, 11) is -4.95. The number of tetrazole rings is 1. The number of ether oxygens (including phenoxy) is 4. The Balaban J connectivity index is 1.65. The van der Waals surface area contributed by atoms with Gasteiger partial charge in [0.2, 0.25) is 25.9 Å². The summed E-state index contributed by atoms with van der Waals surface area (Å²) in [5.74, 6) is 1.60. The van der Waals surface area contributed by atoms with Crippen LogP contribution in [0.1, 0.15) is 16.7 Å². The van der Waals surface area contributed by atoms with Crippen LogP contribution in [-0.4, -0.2) is 93.1 Å². The normalized spacial score (nSPS) is 12.3. The third-order valence-electron chi connectivity index (χ3n) is 8.08. The maximum atomic E-state index is 15.2. The second-order valence-corrected chi connectivity index (χ2v) is 16.6. The van der Waals surface area contributed by atoms with Crippen LogP contribution in [0, 0.1) is 3.57 Å². The number of methoxy groups -OCH3 is 3. The van der Waals surface area contributed by atoms with Gasteiger partial charge in [0.25, 0.3) is 0 Å². The zero-order valence-electron chi connectivity index (χ0n) is 29.8. The van der Waals surface area contributed by atoms with Gasteiger partial charge in [0, 0.05) is 23.2 Å². The number of primary amides is 1. The number of nitrogens with one attached hydrogen (secondary N) is 1. The lowest BCUT2D eigenvalue weighted by molar-refractivity contribution is 0.0758. The molecule has 5 aromatic rings. The Bertz CT molecular complexity index is 2260. The highest BCUT2D eigenvalue weighted by Crippen LogP contribution is 2.38. The van der Waals surface area contributed by atoms with Crippen molar-refractivity contribution in [3.05, 3.63) is 105 Å². The summed E-state index contributed by atoms with van der Waals surface area (Å²) >= 11 is 1.89. The van der Waals surface area contributed by atoms with Gasteiger partial charge in [0.05, 0.1) is 33.4 Å². The van der Waals surface area contributed by atoms with Crippen LogP contribution in [0.5, 0.6) is 17.2 Å². The molecule has 0 spiro atoms. The van der Waals surface area contributed by atoms with Gasteiger partial charge in [0.15, 0.2) is 0 Å². The highest BCUT2D eigenvalue weighted by molar-refractivity contribution is 14.1. The molecule has 0 aliphatic carbocycles. The number of aliphatic hydroxyl groups is 1. The third kappa shape index (κ3) is 10.5. The highest BCUT2D eigenvalue weighted by Gasteiger charge is 2.37. The van der Waals surface area contributed by atoms with Crippen LogP contribution < -0.4 is 24.7 Å². The maximum Gasteiger partial charge on any atom is 0.404 e. The Kier molecular flexibility index (Phi) is 13.6. The van der Waals surface area contributed by atoms with Gasteiger partial charge < -0.3 is 29.8 Å². The molecule has 17 nitrogen and oxygen atoms in total. The zero-order chi connectivity index (χ0) is 39.8. The van der Waals surface area contributed by atoms with Crippen molar-refractivity contribution in [3.63, 3.8) is 0 Å². The van der Waals surface area contributed by atoms with Gasteiger partial charge >= 0.3 is 6.09 Å². The van der Waals surface area contributed by atoms with E-state index in [0.29, 0.717) is 31.9 Å². The number of hydrogen-bond acceptors (Lipinski definition) is 13. The number of aromatic nitrogens is 4. The van der Waals surface area contributed by atoms with Gasteiger partial charge in [-0.2, -0.15) is 9.10 Å². The van der Waals surface area contributed by atoms with Crippen molar-refractivity contribution >= 4 is 48.7 Å². The number of carbonyl (C=O) groups excluding carboxylic acids is 1. The van der Waals surface area contributed by atoms with Crippen molar-refractivity contribution in [2.75, 3.05) is 34.5 Å². The van der Waals surface area contributed by atoms with Crippen molar-refractivity contribution in [1.82, 2.24) is 29.2 Å². The van der Waals surface area contributed by atoms with Gasteiger partial charge in [-0.1, -0.05) is 36.4 Å². The van der Waals surface area contributed by atoms with E-state index >= 15 is 8.42 Å². The molecule has 55 heavy (non-hydrogen) atoms. The number of halogens is 1. The smallest absolute Gasteiger partial charge is 0.404 e. The van der Waals surface area contributed by atoms with Crippen molar-refractivity contribution in [3.8, 4) is 28.6 Å². The topological polar surface area (TPSA) is 227 Å². The molecule has 0 aliphatic rings. The summed E-state index contributed by atoms with van der Waals surface area (Å²) in [5, 5.41) is 23.1. The van der Waals surface area contributed by atoms with Gasteiger partial charge in [-0.15, -0.1) is 10.2 Å². The van der Waals surface area contributed by atoms with E-state index in [-0.39, 0.29) is 31.0 Å². The fraction of sp³-hybridized carbons (Fsp3) is 0.257. The number of nitrogens with zero attached hydrogens (tertiary/aromatic N) is 5. The summed E-state index contributed by atoms with van der Waals surface area (Å²) in [6, 6.07) is 23.2. The predicted molar refractivity (Wildman–Crippen MR) is 207 cm³/mol. The molecule has 4 N–H and O–H groups in total. The molecule has 5 rings (SSSR count). The molecule has 4 aromatic carbocycles. The van der Waals surface area contributed by atoms with Crippen LogP contribution in [0.4, 0.5) is 4.79 Å². The first-order valence-electron chi connectivity index (χ1n) is 16.3. The Labute approximate surface area is 331 Å². The van der Waals surface area contributed by atoms with Crippen molar-refractivity contribution in [2.24, 2.45) is 5.73 Å². The molecule has 20 heteroatoms. The molecule has 0 bridgehead atoms. The van der Waals surface area contributed by atoms with E-state index in [1.54, 1.807) is 79.9 Å². The lowest BCUT2D eigenvalue weighted by Crippen LogP contribution is -2.37. The molecule has 0 fully saturated rings. The fourth-order valence-electron chi connectivity index (χ4n) is 5.27. The van der Waals surface area contributed by atoms with E-state index in [9.17, 15) is 18.3 Å². The zero-order valence-corrected chi connectivity index (χ0v) is 33.6. The number of sulfonamides is 2. The van der Waals surface area contributed by atoms with Crippen LogP contribution >= 0.6 is 22.6 Å². The standard InChI is InChI=1S/C35H38IN7O10S2/c1-50-27-10-4-23(5-11-27)19-42(20-24-6-12-28(51-2)13-7-24)55(48,49)33-31(54(46,47)38-18-26(44)22-53-35(37)45)17-16-30(36)32(33)34-39-41-43(40-34)21-25-8-14-29(52-3)15-9-25/h4-17,26,38,44H,18-22H2,1-3H3,(H2,37,45). The minimum Gasteiger partial charge on any atom is -0.497 e. The van der Waals surface area contributed by atoms with Crippen LogP contribution in [0.3, 0.4) is 0 Å². The molecule has 0 saturated carbocycles. The number of hydrogen-bond donors (Lipinski definition) is 3. The molecule has 0 radical (unpaired) electrons. The molecule has 1 heterocycles. The Morgan fingerprint density at radius 3 is 1.84 bits per heavy atom. The number of benzene rings is 4. The van der Waals surface area contributed by atoms with E-state index in [1.807, 2.05) is 22.6 Å². The molecule has 292 valence electrons. The maximum absolute atomic E-state index is 15.2. The van der Waals surface area contributed by atoms with Gasteiger partial charge in [-0.05, 0) is 93.0 Å². The largest absolute Gasteiger partial charge is 0.497 e. The summed E-state index contributed by atoms with van der Waals surface area (Å²) in [4.78, 5) is 11.0. The fourth-order valence-corrected chi connectivity index (χ4v) is 9.62. The first kappa shape index (κ1) is 41.3. The Morgan fingerprint density at radius 1 is 0.836 bits per heavy atom. The average Bonchev–Trinajstić information content (AvgIpc) is 3.64. The lowest BCUT2D eigenvalue weighted by atomic mass is 10.2.